The Kier molecular flexibility index (Phi) is 6.33. The van der Waals surface area contributed by atoms with Crippen molar-refractivity contribution >= 4 is 23.2 Å². The first kappa shape index (κ1) is 20.4. The summed E-state index contributed by atoms with van der Waals surface area (Å²) in [5, 5.41) is 3.05. The average molecular weight is 407 g/mol. The third kappa shape index (κ3) is 4.49. The largest absolute Gasteiger partial charge is 0.369 e. The van der Waals surface area contributed by atoms with E-state index in [2.05, 4.69) is 39.4 Å². The van der Waals surface area contributed by atoms with Gasteiger partial charge in [0, 0.05) is 57.4 Å². The molecule has 2 aliphatic rings. The van der Waals surface area contributed by atoms with Gasteiger partial charge in [-0.05, 0) is 36.7 Å². The summed E-state index contributed by atoms with van der Waals surface area (Å²) in [5.41, 5.74) is 3.21. The fourth-order valence-electron chi connectivity index (χ4n) is 4.49. The molecule has 0 unspecified atom stereocenters. The molecule has 2 aliphatic heterocycles. The Morgan fingerprint density at radius 3 is 2.40 bits per heavy atom. The normalized spacial score (nSPS) is 18.9. The molecule has 6 heteroatoms. The average Bonchev–Trinajstić information content (AvgIpc) is 3.18. The summed E-state index contributed by atoms with van der Waals surface area (Å²) in [4.78, 5) is 31.4. The highest BCUT2D eigenvalue weighted by Gasteiger charge is 2.36. The zero-order chi connectivity index (χ0) is 20.9. The Bertz CT molecular complexity index is 878. The minimum atomic E-state index is -0.436. The Balaban J connectivity index is 1.20. The lowest BCUT2D eigenvalue weighted by atomic mass is 10.1. The summed E-state index contributed by atoms with van der Waals surface area (Å²) in [5.74, 6) is -0.147. The summed E-state index contributed by atoms with van der Waals surface area (Å²) < 4.78 is 0. The molecule has 1 N–H and O–H groups in total. The number of hydrogen-bond donors (Lipinski definition) is 1. The van der Waals surface area contributed by atoms with Crippen LogP contribution >= 0.6 is 0 Å². The first-order valence-electron chi connectivity index (χ1n) is 10.8. The molecule has 0 radical (unpaired) electrons. The van der Waals surface area contributed by atoms with Crippen molar-refractivity contribution in [3.63, 3.8) is 0 Å². The fraction of sp³-hybridized carbons (Fsp3) is 0.417. The molecule has 2 amide bonds. The van der Waals surface area contributed by atoms with Crippen molar-refractivity contribution in [2.45, 2.75) is 25.8 Å². The molecule has 2 heterocycles. The highest BCUT2D eigenvalue weighted by atomic mass is 16.2. The predicted octanol–water partition coefficient (Wildman–Crippen LogP) is 2.29. The van der Waals surface area contributed by atoms with E-state index >= 15 is 0 Å². The van der Waals surface area contributed by atoms with Crippen LogP contribution in [0.3, 0.4) is 0 Å². The number of benzene rings is 2. The molecule has 6 nitrogen and oxygen atoms in total. The van der Waals surface area contributed by atoms with Gasteiger partial charge in [0.15, 0.2) is 0 Å². The summed E-state index contributed by atoms with van der Waals surface area (Å²) in [6.45, 7) is 7.28. The second-order valence-electron chi connectivity index (χ2n) is 8.05. The van der Waals surface area contributed by atoms with Crippen molar-refractivity contribution in [2.75, 3.05) is 49.1 Å². The molecular formula is C24H30N4O2. The maximum absolute atomic E-state index is 12.8. The number of para-hydroxylation sites is 2. The number of carbonyl (C=O) groups is 2. The topological polar surface area (TPSA) is 55.9 Å². The zero-order valence-electron chi connectivity index (χ0n) is 17.6. The molecule has 4 rings (SSSR count). The van der Waals surface area contributed by atoms with Gasteiger partial charge < -0.3 is 10.2 Å². The SMILES string of the molecule is CC(=O)N1c2ccccc2C[C@H]1C(=O)NCCCN1CCN(c2ccccc2)CC1. The summed E-state index contributed by atoms with van der Waals surface area (Å²) >= 11 is 0. The van der Waals surface area contributed by atoms with Crippen molar-refractivity contribution < 1.29 is 9.59 Å². The molecule has 1 fully saturated rings. The molecule has 0 bridgehead atoms. The summed E-state index contributed by atoms with van der Waals surface area (Å²) in [6, 6.07) is 17.9. The quantitative estimate of drug-likeness (QED) is 0.748. The van der Waals surface area contributed by atoms with Crippen LogP contribution in [0.15, 0.2) is 54.6 Å². The van der Waals surface area contributed by atoms with Crippen LogP contribution in [0.5, 0.6) is 0 Å². The van der Waals surface area contributed by atoms with Gasteiger partial charge in [-0.1, -0.05) is 36.4 Å². The molecule has 0 aliphatic carbocycles. The third-order valence-electron chi connectivity index (χ3n) is 6.06. The highest BCUT2D eigenvalue weighted by molar-refractivity contribution is 6.02. The van der Waals surface area contributed by atoms with Crippen LogP contribution in [0, 0.1) is 0 Å². The van der Waals surface area contributed by atoms with Gasteiger partial charge >= 0.3 is 0 Å². The molecule has 1 saturated heterocycles. The lowest BCUT2D eigenvalue weighted by molar-refractivity contribution is -0.125. The minimum Gasteiger partial charge on any atom is -0.369 e. The fourth-order valence-corrected chi connectivity index (χ4v) is 4.49. The number of anilines is 2. The number of amides is 2. The summed E-state index contributed by atoms with van der Waals surface area (Å²) in [6.07, 6.45) is 1.50. The van der Waals surface area contributed by atoms with Gasteiger partial charge in [0.25, 0.3) is 0 Å². The van der Waals surface area contributed by atoms with E-state index in [1.54, 1.807) is 4.90 Å². The first-order chi connectivity index (χ1) is 14.6. The van der Waals surface area contributed by atoms with Gasteiger partial charge in [-0.15, -0.1) is 0 Å². The molecular weight excluding hydrogens is 376 g/mol. The molecule has 158 valence electrons. The van der Waals surface area contributed by atoms with Crippen LogP contribution in [0.25, 0.3) is 0 Å². The molecule has 0 saturated carbocycles. The number of hydrogen-bond acceptors (Lipinski definition) is 4. The number of nitrogens with zero attached hydrogens (tertiary/aromatic N) is 3. The van der Waals surface area contributed by atoms with Crippen LogP contribution in [0.4, 0.5) is 11.4 Å². The van der Waals surface area contributed by atoms with E-state index < -0.39 is 6.04 Å². The Hall–Kier alpha value is -2.86. The Labute approximate surface area is 178 Å². The van der Waals surface area contributed by atoms with Gasteiger partial charge in [0.2, 0.25) is 11.8 Å². The van der Waals surface area contributed by atoms with Crippen LogP contribution in [0.1, 0.15) is 18.9 Å². The molecule has 2 aromatic carbocycles. The van der Waals surface area contributed by atoms with Crippen LogP contribution in [0.2, 0.25) is 0 Å². The van der Waals surface area contributed by atoms with Crippen LogP contribution in [-0.2, 0) is 16.0 Å². The summed E-state index contributed by atoms with van der Waals surface area (Å²) in [7, 11) is 0. The number of fused-ring (bicyclic) bond motifs is 1. The highest BCUT2D eigenvalue weighted by Crippen LogP contribution is 2.32. The van der Waals surface area contributed by atoms with Crippen LogP contribution in [-0.4, -0.2) is 62.0 Å². The maximum atomic E-state index is 12.8. The van der Waals surface area contributed by atoms with Gasteiger partial charge in [0.1, 0.15) is 6.04 Å². The number of nitrogens with one attached hydrogen (secondary N) is 1. The van der Waals surface area contributed by atoms with Gasteiger partial charge in [0.05, 0.1) is 0 Å². The molecule has 30 heavy (non-hydrogen) atoms. The van der Waals surface area contributed by atoms with Crippen molar-refractivity contribution in [3.8, 4) is 0 Å². The van der Waals surface area contributed by atoms with Crippen molar-refractivity contribution in [1.29, 1.82) is 0 Å². The monoisotopic (exact) mass is 406 g/mol. The molecule has 0 aromatic heterocycles. The smallest absolute Gasteiger partial charge is 0.243 e. The standard InChI is InChI=1S/C24H30N4O2/c1-19(29)28-22-11-6-5-8-20(22)18-23(28)24(30)25-12-7-13-26-14-16-27(17-15-26)21-9-3-2-4-10-21/h2-6,8-11,23H,7,12-18H2,1H3,(H,25,30)/t23-/m0/s1. The van der Waals surface area contributed by atoms with Gasteiger partial charge in [-0.25, -0.2) is 0 Å². The predicted molar refractivity (Wildman–Crippen MR) is 120 cm³/mol. The lowest BCUT2D eigenvalue weighted by Crippen LogP contribution is -2.48. The van der Waals surface area contributed by atoms with Crippen LogP contribution < -0.4 is 15.1 Å². The van der Waals surface area contributed by atoms with Crippen molar-refractivity contribution in [3.05, 3.63) is 60.2 Å². The maximum Gasteiger partial charge on any atom is 0.243 e. The molecule has 2 aromatic rings. The molecule has 0 spiro atoms. The lowest BCUT2D eigenvalue weighted by Gasteiger charge is -2.36. The Morgan fingerprint density at radius 2 is 1.67 bits per heavy atom. The van der Waals surface area contributed by atoms with E-state index in [-0.39, 0.29) is 11.8 Å². The second-order valence-corrected chi connectivity index (χ2v) is 8.05. The van der Waals surface area contributed by atoms with Crippen molar-refractivity contribution in [1.82, 2.24) is 10.2 Å². The zero-order valence-corrected chi connectivity index (χ0v) is 17.6. The van der Waals surface area contributed by atoms with E-state index in [1.165, 1.54) is 12.6 Å². The van der Waals surface area contributed by atoms with E-state index in [1.807, 2.05) is 30.3 Å². The van der Waals surface area contributed by atoms with E-state index in [9.17, 15) is 9.59 Å². The number of carbonyl (C=O) groups excluding carboxylic acids is 2. The molecule has 1 atom stereocenters. The van der Waals surface area contributed by atoms with E-state index in [4.69, 9.17) is 0 Å². The number of rotatable bonds is 6. The van der Waals surface area contributed by atoms with Crippen molar-refractivity contribution in [2.24, 2.45) is 0 Å². The third-order valence-corrected chi connectivity index (χ3v) is 6.06. The Morgan fingerprint density at radius 1 is 0.967 bits per heavy atom. The number of piperazine rings is 1. The van der Waals surface area contributed by atoms with Gasteiger partial charge in [-0.3, -0.25) is 19.4 Å². The second kappa shape index (κ2) is 9.30. The minimum absolute atomic E-state index is 0.0599. The van der Waals surface area contributed by atoms with E-state index in [0.717, 1.165) is 50.4 Å². The first-order valence-corrected chi connectivity index (χ1v) is 10.8. The van der Waals surface area contributed by atoms with E-state index in [0.29, 0.717) is 13.0 Å². The van der Waals surface area contributed by atoms with Gasteiger partial charge in [-0.2, -0.15) is 0 Å².